The normalized spacial score (nSPS) is 17.7. The van der Waals surface area contributed by atoms with Crippen LogP contribution in [0.2, 0.25) is 0 Å². The lowest BCUT2D eigenvalue weighted by atomic mass is 9.86. The molecule has 0 spiro atoms. The highest BCUT2D eigenvalue weighted by molar-refractivity contribution is 6.17. The zero-order valence-corrected chi connectivity index (χ0v) is 13.3. The predicted octanol–water partition coefficient (Wildman–Crippen LogP) is 4.09. The Kier molecular flexibility index (Phi) is 3.57. The summed E-state index contributed by atoms with van der Waals surface area (Å²) in [4.78, 5) is 24.3. The van der Waals surface area contributed by atoms with Gasteiger partial charge in [0.1, 0.15) is 0 Å². The molecule has 2 aromatic rings. The van der Waals surface area contributed by atoms with Gasteiger partial charge < -0.3 is 5.11 Å². The van der Waals surface area contributed by atoms with Crippen LogP contribution in [0.4, 0.5) is 0 Å². The van der Waals surface area contributed by atoms with Crippen LogP contribution in [-0.4, -0.2) is 16.9 Å². The lowest BCUT2D eigenvalue weighted by molar-refractivity contribution is 0.0696. The third kappa shape index (κ3) is 2.37. The van der Waals surface area contributed by atoms with Gasteiger partial charge in [0.2, 0.25) is 0 Å². The third-order valence-corrected chi connectivity index (χ3v) is 5.04. The monoisotopic (exact) mass is 318 g/mol. The minimum atomic E-state index is -0.970. The SMILES string of the molecule is O=C(O)c1ccccc1/C=C1/Cc2ccc3c(c2C1=O)CCCC3. The number of carboxylic acid groups (broad SMARTS) is 1. The molecule has 0 unspecified atom stereocenters. The second-order valence-electron chi connectivity index (χ2n) is 6.51. The van der Waals surface area contributed by atoms with Crippen molar-refractivity contribution in [3.63, 3.8) is 0 Å². The number of hydrogen-bond donors (Lipinski definition) is 1. The average Bonchev–Trinajstić information content (AvgIpc) is 2.91. The summed E-state index contributed by atoms with van der Waals surface area (Å²) in [5.74, 6) is -0.897. The van der Waals surface area contributed by atoms with Crippen molar-refractivity contribution in [2.45, 2.75) is 32.1 Å². The van der Waals surface area contributed by atoms with Crippen LogP contribution in [0, 0.1) is 0 Å². The van der Waals surface area contributed by atoms with E-state index in [1.807, 2.05) is 0 Å². The summed E-state index contributed by atoms with van der Waals surface area (Å²) in [7, 11) is 0. The zero-order valence-electron chi connectivity index (χ0n) is 13.3. The van der Waals surface area contributed by atoms with Gasteiger partial charge in [-0.3, -0.25) is 4.79 Å². The number of Topliss-reactive ketones (excluding diaryl/α,β-unsaturated/α-hetero) is 1. The van der Waals surface area contributed by atoms with E-state index in [2.05, 4.69) is 12.1 Å². The molecule has 3 nitrogen and oxygen atoms in total. The Morgan fingerprint density at radius 1 is 1.00 bits per heavy atom. The van der Waals surface area contributed by atoms with Crippen LogP contribution in [-0.2, 0) is 19.3 Å². The van der Waals surface area contributed by atoms with E-state index in [0.29, 0.717) is 17.6 Å². The molecule has 0 amide bonds. The quantitative estimate of drug-likeness (QED) is 0.849. The Morgan fingerprint density at radius 3 is 2.58 bits per heavy atom. The molecule has 1 N–H and O–H groups in total. The number of fused-ring (bicyclic) bond motifs is 3. The van der Waals surface area contributed by atoms with E-state index in [9.17, 15) is 14.7 Å². The number of hydrogen-bond acceptors (Lipinski definition) is 2. The van der Waals surface area contributed by atoms with Gasteiger partial charge in [-0.2, -0.15) is 0 Å². The number of carbonyl (C=O) groups is 2. The van der Waals surface area contributed by atoms with Gasteiger partial charge in [0.25, 0.3) is 0 Å². The molecule has 0 fully saturated rings. The fraction of sp³-hybridized carbons (Fsp3) is 0.238. The molecular formula is C21H18O3. The van der Waals surface area contributed by atoms with E-state index in [0.717, 1.165) is 30.4 Å². The number of aromatic carboxylic acids is 1. The lowest BCUT2D eigenvalue weighted by Crippen LogP contribution is -2.09. The van der Waals surface area contributed by atoms with E-state index in [1.54, 1.807) is 30.3 Å². The molecule has 120 valence electrons. The van der Waals surface area contributed by atoms with E-state index < -0.39 is 5.97 Å². The summed E-state index contributed by atoms with van der Waals surface area (Å²) in [5.41, 5.74) is 6.01. The standard InChI is InChI=1S/C21H18O3/c22-20-16(11-14-6-2-4-8-18(14)21(23)24)12-15-10-9-13-5-1-3-7-17(13)19(15)20/h2,4,6,8-11H,1,3,5,7,12H2,(H,23,24)/b16-11-. The first-order valence-corrected chi connectivity index (χ1v) is 8.36. The molecule has 0 saturated carbocycles. The summed E-state index contributed by atoms with van der Waals surface area (Å²) in [5, 5.41) is 9.32. The highest BCUT2D eigenvalue weighted by Gasteiger charge is 2.29. The fourth-order valence-corrected chi connectivity index (χ4v) is 3.87. The van der Waals surface area contributed by atoms with Crippen LogP contribution < -0.4 is 0 Å². The van der Waals surface area contributed by atoms with E-state index in [-0.39, 0.29) is 11.3 Å². The van der Waals surface area contributed by atoms with Gasteiger partial charge in [0.15, 0.2) is 5.78 Å². The Labute approximate surface area is 140 Å². The highest BCUT2D eigenvalue weighted by atomic mass is 16.4. The van der Waals surface area contributed by atoms with Crippen LogP contribution >= 0.6 is 0 Å². The fourth-order valence-electron chi connectivity index (χ4n) is 3.87. The summed E-state index contributed by atoms with van der Waals surface area (Å²) in [6, 6.07) is 11.1. The number of aryl methyl sites for hydroxylation is 1. The largest absolute Gasteiger partial charge is 0.478 e. The minimum Gasteiger partial charge on any atom is -0.478 e. The summed E-state index contributed by atoms with van der Waals surface area (Å²) in [6.07, 6.45) is 6.70. The molecule has 2 aromatic carbocycles. The molecule has 2 aliphatic rings. The molecule has 0 bridgehead atoms. The van der Waals surface area contributed by atoms with Crippen molar-refractivity contribution in [1.82, 2.24) is 0 Å². The number of ketones is 1. The van der Waals surface area contributed by atoms with Crippen molar-refractivity contribution < 1.29 is 14.7 Å². The highest BCUT2D eigenvalue weighted by Crippen LogP contribution is 2.35. The lowest BCUT2D eigenvalue weighted by Gasteiger charge is -2.18. The molecule has 24 heavy (non-hydrogen) atoms. The number of carbonyl (C=O) groups excluding carboxylic acids is 1. The molecular weight excluding hydrogens is 300 g/mol. The Hall–Kier alpha value is -2.68. The molecule has 0 heterocycles. The van der Waals surface area contributed by atoms with Crippen LogP contribution in [0.1, 0.15) is 55.8 Å². The molecule has 4 rings (SSSR count). The number of benzene rings is 2. The average molecular weight is 318 g/mol. The summed E-state index contributed by atoms with van der Waals surface area (Å²) in [6.45, 7) is 0. The van der Waals surface area contributed by atoms with Gasteiger partial charge in [-0.25, -0.2) is 4.79 Å². The maximum atomic E-state index is 12.9. The second kappa shape index (κ2) is 5.75. The molecule has 2 aliphatic carbocycles. The summed E-state index contributed by atoms with van der Waals surface area (Å²) < 4.78 is 0. The van der Waals surface area contributed by atoms with Crippen LogP contribution in [0.25, 0.3) is 6.08 Å². The molecule has 3 heteroatoms. The maximum Gasteiger partial charge on any atom is 0.336 e. The minimum absolute atomic E-state index is 0.0731. The van der Waals surface area contributed by atoms with E-state index in [4.69, 9.17) is 0 Å². The van der Waals surface area contributed by atoms with Crippen molar-refractivity contribution in [3.8, 4) is 0 Å². The molecule has 0 atom stereocenters. The summed E-state index contributed by atoms with van der Waals surface area (Å²) >= 11 is 0. The van der Waals surface area contributed by atoms with Gasteiger partial charge in [-0.15, -0.1) is 0 Å². The van der Waals surface area contributed by atoms with Crippen molar-refractivity contribution in [3.05, 3.63) is 75.4 Å². The van der Waals surface area contributed by atoms with Gasteiger partial charge >= 0.3 is 5.97 Å². The van der Waals surface area contributed by atoms with Gasteiger partial charge in [-0.1, -0.05) is 30.3 Å². The molecule has 0 aliphatic heterocycles. The predicted molar refractivity (Wildman–Crippen MR) is 92.5 cm³/mol. The molecule has 0 radical (unpaired) electrons. The first-order chi connectivity index (χ1) is 11.6. The number of rotatable bonds is 2. The molecule has 0 saturated heterocycles. The van der Waals surface area contributed by atoms with Crippen molar-refractivity contribution >= 4 is 17.8 Å². The van der Waals surface area contributed by atoms with Gasteiger partial charge in [-0.05, 0) is 60.1 Å². The Bertz CT molecular complexity index is 890. The van der Waals surface area contributed by atoms with Crippen LogP contribution in [0.5, 0.6) is 0 Å². The van der Waals surface area contributed by atoms with Gasteiger partial charge in [0.05, 0.1) is 5.56 Å². The number of allylic oxidation sites excluding steroid dienone is 1. The van der Waals surface area contributed by atoms with E-state index >= 15 is 0 Å². The van der Waals surface area contributed by atoms with Crippen LogP contribution in [0.15, 0.2) is 42.0 Å². The first-order valence-electron chi connectivity index (χ1n) is 8.36. The maximum absolute atomic E-state index is 12.9. The van der Waals surface area contributed by atoms with Crippen molar-refractivity contribution in [2.75, 3.05) is 0 Å². The topological polar surface area (TPSA) is 54.4 Å². The zero-order chi connectivity index (χ0) is 16.7. The second-order valence-corrected chi connectivity index (χ2v) is 6.51. The molecule has 0 aromatic heterocycles. The number of carboxylic acids is 1. The third-order valence-electron chi connectivity index (χ3n) is 5.04. The Morgan fingerprint density at radius 2 is 1.75 bits per heavy atom. The van der Waals surface area contributed by atoms with E-state index in [1.165, 1.54) is 17.5 Å². The van der Waals surface area contributed by atoms with Crippen molar-refractivity contribution in [2.24, 2.45) is 0 Å². The van der Waals surface area contributed by atoms with Crippen LogP contribution in [0.3, 0.4) is 0 Å². The van der Waals surface area contributed by atoms with Crippen molar-refractivity contribution in [1.29, 1.82) is 0 Å². The van der Waals surface area contributed by atoms with Gasteiger partial charge in [0, 0.05) is 17.6 Å². The Balaban J connectivity index is 1.78. The first kappa shape index (κ1) is 14.9. The smallest absolute Gasteiger partial charge is 0.336 e.